The van der Waals surface area contributed by atoms with Gasteiger partial charge in [0.15, 0.2) is 0 Å². The van der Waals surface area contributed by atoms with Crippen molar-refractivity contribution in [1.29, 1.82) is 0 Å². The lowest BCUT2D eigenvalue weighted by Gasteiger charge is -2.25. The predicted octanol–water partition coefficient (Wildman–Crippen LogP) is 3.62. The van der Waals surface area contributed by atoms with E-state index in [2.05, 4.69) is 5.32 Å². The van der Waals surface area contributed by atoms with Crippen LogP contribution in [0, 0.1) is 0 Å². The van der Waals surface area contributed by atoms with Crippen LogP contribution in [-0.2, 0) is 16.6 Å². The van der Waals surface area contributed by atoms with Crippen molar-refractivity contribution in [3.63, 3.8) is 0 Å². The molecule has 0 saturated carbocycles. The molecule has 2 amide bonds. The molecule has 2 rings (SSSR count). The standard InChI is InChI=1S/C19H21ClN2O3/c1-19(2,3)17-13(18(21)25)5-4-6-14(17)22-16(24)10-11-9-12(20)7-8-15(11)23/h4-9,23H,10H2,1-3H3,(H2,21,25)(H,22,24). The highest BCUT2D eigenvalue weighted by Gasteiger charge is 2.25. The van der Waals surface area contributed by atoms with Crippen LogP contribution in [0.1, 0.15) is 42.3 Å². The minimum absolute atomic E-state index is 0.00137. The van der Waals surface area contributed by atoms with E-state index in [0.29, 0.717) is 27.4 Å². The zero-order chi connectivity index (χ0) is 18.8. The smallest absolute Gasteiger partial charge is 0.249 e. The molecular formula is C19H21ClN2O3. The Balaban J connectivity index is 2.34. The summed E-state index contributed by atoms with van der Waals surface area (Å²) in [7, 11) is 0. The number of halogens is 1. The largest absolute Gasteiger partial charge is 0.508 e. The van der Waals surface area contributed by atoms with E-state index in [4.69, 9.17) is 17.3 Å². The van der Waals surface area contributed by atoms with Gasteiger partial charge in [0.1, 0.15) is 5.75 Å². The summed E-state index contributed by atoms with van der Waals surface area (Å²) in [4.78, 5) is 24.2. The third-order valence-corrected chi connectivity index (χ3v) is 3.98. The van der Waals surface area contributed by atoms with Crippen LogP contribution in [0.15, 0.2) is 36.4 Å². The van der Waals surface area contributed by atoms with E-state index < -0.39 is 11.3 Å². The number of nitrogens with one attached hydrogen (secondary N) is 1. The number of amides is 2. The molecule has 4 N–H and O–H groups in total. The van der Waals surface area contributed by atoms with Crippen LogP contribution in [0.4, 0.5) is 5.69 Å². The number of primary amides is 1. The molecule has 5 nitrogen and oxygen atoms in total. The maximum absolute atomic E-state index is 12.4. The van der Waals surface area contributed by atoms with Crippen LogP contribution in [0.3, 0.4) is 0 Å². The normalized spacial score (nSPS) is 11.2. The first kappa shape index (κ1) is 18.8. The van der Waals surface area contributed by atoms with Gasteiger partial charge in [-0.1, -0.05) is 38.4 Å². The van der Waals surface area contributed by atoms with Crippen LogP contribution < -0.4 is 11.1 Å². The van der Waals surface area contributed by atoms with Gasteiger partial charge in [0.2, 0.25) is 11.8 Å². The molecule has 0 spiro atoms. The summed E-state index contributed by atoms with van der Waals surface area (Å²) in [6.07, 6.45) is -0.0449. The number of hydrogen-bond acceptors (Lipinski definition) is 3. The Hall–Kier alpha value is -2.53. The maximum atomic E-state index is 12.4. The second-order valence-corrected chi connectivity index (χ2v) is 7.28. The van der Waals surface area contributed by atoms with E-state index in [1.807, 2.05) is 20.8 Å². The van der Waals surface area contributed by atoms with Crippen molar-refractivity contribution in [3.05, 3.63) is 58.1 Å². The van der Waals surface area contributed by atoms with E-state index in [9.17, 15) is 14.7 Å². The number of benzene rings is 2. The summed E-state index contributed by atoms with van der Waals surface area (Å²) < 4.78 is 0. The molecule has 25 heavy (non-hydrogen) atoms. The molecule has 132 valence electrons. The minimum atomic E-state index is -0.548. The third kappa shape index (κ3) is 4.51. The Morgan fingerprint density at radius 2 is 1.88 bits per heavy atom. The number of hydrogen-bond donors (Lipinski definition) is 3. The minimum Gasteiger partial charge on any atom is -0.508 e. The Kier molecular flexibility index (Phi) is 5.38. The van der Waals surface area contributed by atoms with Crippen LogP contribution in [0.25, 0.3) is 0 Å². The Labute approximate surface area is 151 Å². The van der Waals surface area contributed by atoms with Gasteiger partial charge in [-0.3, -0.25) is 9.59 Å². The van der Waals surface area contributed by atoms with Crippen molar-refractivity contribution in [1.82, 2.24) is 0 Å². The first-order chi connectivity index (χ1) is 11.6. The van der Waals surface area contributed by atoms with Gasteiger partial charge >= 0.3 is 0 Å². The van der Waals surface area contributed by atoms with Crippen molar-refractivity contribution >= 4 is 29.1 Å². The van der Waals surface area contributed by atoms with E-state index in [1.54, 1.807) is 30.3 Å². The van der Waals surface area contributed by atoms with Crippen LogP contribution in [0.2, 0.25) is 5.02 Å². The highest BCUT2D eigenvalue weighted by atomic mass is 35.5. The molecule has 2 aromatic rings. The van der Waals surface area contributed by atoms with Gasteiger partial charge < -0.3 is 16.2 Å². The molecule has 0 saturated heterocycles. The lowest BCUT2D eigenvalue weighted by atomic mass is 9.82. The third-order valence-electron chi connectivity index (χ3n) is 3.75. The highest BCUT2D eigenvalue weighted by Crippen LogP contribution is 2.33. The molecule has 0 aliphatic rings. The Morgan fingerprint density at radius 1 is 1.20 bits per heavy atom. The number of carbonyl (C=O) groups is 2. The number of rotatable bonds is 4. The SMILES string of the molecule is CC(C)(C)c1c(NC(=O)Cc2cc(Cl)ccc2O)cccc1C(N)=O. The number of nitrogens with two attached hydrogens (primary N) is 1. The van der Waals surface area contributed by atoms with Crippen LogP contribution >= 0.6 is 11.6 Å². The van der Waals surface area contributed by atoms with Crippen LogP contribution in [0.5, 0.6) is 5.75 Å². The van der Waals surface area contributed by atoms with E-state index in [1.165, 1.54) is 6.07 Å². The van der Waals surface area contributed by atoms with Crippen molar-refractivity contribution < 1.29 is 14.7 Å². The quantitative estimate of drug-likeness (QED) is 0.777. The van der Waals surface area contributed by atoms with Crippen molar-refractivity contribution in [2.24, 2.45) is 5.73 Å². The summed E-state index contributed by atoms with van der Waals surface area (Å²) in [6.45, 7) is 5.81. The first-order valence-corrected chi connectivity index (χ1v) is 8.18. The number of carbonyl (C=O) groups excluding carboxylic acids is 2. The molecule has 6 heteroatoms. The molecule has 0 heterocycles. The van der Waals surface area contributed by atoms with Gasteiger partial charge in [-0.05, 0) is 41.3 Å². The van der Waals surface area contributed by atoms with Gasteiger partial charge in [0.05, 0.1) is 6.42 Å². The predicted molar refractivity (Wildman–Crippen MR) is 99.1 cm³/mol. The van der Waals surface area contributed by atoms with Gasteiger partial charge in [-0.15, -0.1) is 0 Å². The molecular weight excluding hydrogens is 340 g/mol. The van der Waals surface area contributed by atoms with Crippen molar-refractivity contribution in [2.45, 2.75) is 32.6 Å². The van der Waals surface area contributed by atoms with Gasteiger partial charge in [0.25, 0.3) is 0 Å². The molecule has 0 aliphatic heterocycles. The zero-order valence-corrected chi connectivity index (χ0v) is 15.1. The van der Waals surface area contributed by atoms with E-state index in [-0.39, 0.29) is 18.1 Å². The lowest BCUT2D eigenvalue weighted by Crippen LogP contribution is -2.25. The lowest BCUT2D eigenvalue weighted by molar-refractivity contribution is -0.115. The highest BCUT2D eigenvalue weighted by molar-refractivity contribution is 6.30. The Bertz CT molecular complexity index is 826. The average molecular weight is 361 g/mol. The zero-order valence-electron chi connectivity index (χ0n) is 14.4. The molecule has 0 unspecified atom stereocenters. The monoisotopic (exact) mass is 360 g/mol. The first-order valence-electron chi connectivity index (χ1n) is 7.80. The summed E-state index contributed by atoms with van der Waals surface area (Å²) in [5, 5.41) is 13.1. The molecule has 0 bridgehead atoms. The van der Waals surface area contributed by atoms with E-state index >= 15 is 0 Å². The fourth-order valence-corrected chi connectivity index (χ4v) is 2.93. The number of phenolic OH excluding ortho intramolecular Hbond substituents is 1. The van der Waals surface area contributed by atoms with Crippen molar-refractivity contribution in [3.8, 4) is 5.75 Å². The fourth-order valence-electron chi connectivity index (χ4n) is 2.73. The Morgan fingerprint density at radius 3 is 2.48 bits per heavy atom. The number of aromatic hydroxyl groups is 1. The maximum Gasteiger partial charge on any atom is 0.249 e. The average Bonchev–Trinajstić information content (AvgIpc) is 2.49. The molecule has 0 atom stereocenters. The second-order valence-electron chi connectivity index (χ2n) is 6.84. The topological polar surface area (TPSA) is 92.4 Å². The fraction of sp³-hybridized carbons (Fsp3) is 0.263. The number of phenols is 1. The second kappa shape index (κ2) is 7.15. The molecule has 0 aliphatic carbocycles. The van der Waals surface area contributed by atoms with Gasteiger partial charge in [0, 0.05) is 21.8 Å². The summed E-state index contributed by atoms with van der Waals surface area (Å²) in [5.41, 5.74) is 7.07. The van der Waals surface area contributed by atoms with Crippen LogP contribution in [-0.4, -0.2) is 16.9 Å². The summed E-state index contributed by atoms with van der Waals surface area (Å²) in [6, 6.07) is 9.57. The summed E-state index contributed by atoms with van der Waals surface area (Å²) >= 11 is 5.91. The van der Waals surface area contributed by atoms with Gasteiger partial charge in [-0.25, -0.2) is 0 Å². The molecule has 0 radical (unpaired) electrons. The van der Waals surface area contributed by atoms with Gasteiger partial charge in [-0.2, -0.15) is 0 Å². The van der Waals surface area contributed by atoms with E-state index in [0.717, 1.165) is 0 Å². The molecule has 0 aromatic heterocycles. The number of anilines is 1. The summed E-state index contributed by atoms with van der Waals surface area (Å²) in [5.74, 6) is -0.875. The van der Waals surface area contributed by atoms with Crippen molar-refractivity contribution in [2.75, 3.05) is 5.32 Å². The molecule has 2 aromatic carbocycles. The molecule has 0 fully saturated rings.